The van der Waals surface area contributed by atoms with Crippen molar-refractivity contribution in [2.24, 2.45) is 0 Å². The van der Waals surface area contributed by atoms with Crippen LogP contribution in [0.2, 0.25) is 0 Å². The van der Waals surface area contributed by atoms with E-state index in [2.05, 4.69) is 52.0 Å². The zero-order chi connectivity index (χ0) is 13.3. The number of hydrogen-bond acceptors (Lipinski definition) is 1. The van der Waals surface area contributed by atoms with Crippen LogP contribution < -0.4 is 0 Å². The summed E-state index contributed by atoms with van der Waals surface area (Å²) in [5, 5.41) is 1.20. The molecule has 96 valence electrons. The molecule has 0 bridgehead atoms. The van der Waals surface area contributed by atoms with Crippen LogP contribution in [0.3, 0.4) is 0 Å². The molecule has 0 N–H and O–H groups in total. The lowest BCUT2D eigenvalue weighted by molar-refractivity contribution is 0.827. The number of alkyl halides is 1. The van der Waals surface area contributed by atoms with Gasteiger partial charge < -0.3 is 0 Å². The lowest BCUT2D eigenvalue weighted by Gasteiger charge is -2.12. The van der Waals surface area contributed by atoms with Gasteiger partial charge >= 0.3 is 0 Å². The third-order valence-electron chi connectivity index (χ3n) is 3.34. The summed E-state index contributed by atoms with van der Waals surface area (Å²) in [4.78, 5) is 4.73. The van der Waals surface area contributed by atoms with Crippen molar-refractivity contribution in [3.8, 4) is 0 Å². The largest absolute Gasteiger partial charge is 0.253 e. The smallest absolute Gasteiger partial charge is 0.0708 e. The quantitative estimate of drug-likeness (QED) is 0.690. The number of hydrogen-bond donors (Lipinski definition) is 0. The summed E-state index contributed by atoms with van der Waals surface area (Å²) in [6.07, 6.45) is 0. The highest BCUT2D eigenvalue weighted by Gasteiger charge is 2.09. The van der Waals surface area contributed by atoms with E-state index in [1.807, 2.05) is 0 Å². The van der Waals surface area contributed by atoms with E-state index in [1.54, 1.807) is 0 Å². The van der Waals surface area contributed by atoms with Gasteiger partial charge in [0.15, 0.2) is 0 Å². The molecule has 1 aromatic carbocycles. The zero-order valence-electron chi connectivity index (χ0n) is 11.5. The van der Waals surface area contributed by atoms with Gasteiger partial charge in [0.2, 0.25) is 0 Å². The van der Waals surface area contributed by atoms with Crippen molar-refractivity contribution in [1.82, 2.24) is 4.98 Å². The Morgan fingerprint density at radius 3 is 2.33 bits per heavy atom. The van der Waals surface area contributed by atoms with Gasteiger partial charge in [-0.15, -0.1) is 11.6 Å². The molecule has 2 heteroatoms. The van der Waals surface area contributed by atoms with Gasteiger partial charge in [-0.05, 0) is 41.2 Å². The first kappa shape index (κ1) is 13.4. The molecule has 1 aromatic heterocycles. The minimum absolute atomic E-state index is 0.432. The first-order valence-electron chi connectivity index (χ1n) is 6.52. The summed E-state index contributed by atoms with van der Waals surface area (Å²) in [6, 6.07) is 8.66. The summed E-state index contributed by atoms with van der Waals surface area (Å²) in [6.45, 7) is 8.73. The molecule has 1 nitrogen and oxygen atoms in total. The maximum atomic E-state index is 6.09. The number of benzene rings is 1. The van der Waals surface area contributed by atoms with E-state index in [0.717, 1.165) is 11.2 Å². The van der Waals surface area contributed by atoms with E-state index in [-0.39, 0.29) is 0 Å². The van der Waals surface area contributed by atoms with Gasteiger partial charge in [0.1, 0.15) is 0 Å². The Bertz CT molecular complexity index is 558. The van der Waals surface area contributed by atoms with Crippen molar-refractivity contribution in [2.45, 2.75) is 45.4 Å². The van der Waals surface area contributed by atoms with E-state index in [0.29, 0.717) is 17.7 Å². The molecule has 0 fully saturated rings. The lowest BCUT2D eigenvalue weighted by Crippen LogP contribution is -1.97. The molecule has 0 aliphatic rings. The van der Waals surface area contributed by atoms with Gasteiger partial charge in [0, 0.05) is 17.0 Å². The lowest BCUT2D eigenvalue weighted by atomic mass is 9.98. The molecule has 0 spiro atoms. The Labute approximate surface area is 114 Å². The fourth-order valence-electron chi connectivity index (χ4n) is 2.10. The first-order valence-corrected chi connectivity index (χ1v) is 7.05. The molecule has 0 unspecified atom stereocenters. The topological polar surface area (TPSA) is 12.9 Å². The second-order valence-corrected chi connectivity index (χ2v) is 5.69. The van der Waals surface area contributed by atoms with E-state index in [1.165, 1.54) is 16.5 Å². The maximum Gasteiger partial charge on any atom is 0.0708 e. The summed E-state index contributed by atoms with van der Waals surface area (Å²) in [5.41, 5.74) is 4.71. The molecule has 0 saturated heterocycles. The summed E-state index contributed by atoms with van der Waals surface area (Å²) < 4.78 is 0. The highest BCUT2D eigenvalue weighted by Crippen LogP contribution is 2.27. The minimum Gasteiger partial charge on any atom is -0.253 e. The zero-order valence-corrected chi connectivity index (χ0v) is 12.3. The number of rotatable bonds is 3. The molecule has 0 amide bonds. The minimum atomic E-state index is 0.432. The molecule has 1 heterocycles. The van der Waals surface area contributed by atoms with Crippen molar-refractivity contribution in [3.63, 3.8) is 0 Å². The van der Waals surface area contributed by atoms with Crippen LogP contribution in [0.25, 0.3) is 10.9 Å². The Morgan fingerprint density at radius 1 is 1.06 bits per heavy atom. The molecule has 0 radical (unpaired) electrons. The number of fused-ring (bicyclic) bond motifs is 1. The summed E-state index contributed by atoms with van der Waals surface area (Å²) in [5.74, 6) is 1.50. The van der Waals surface area contributed by atoms with Crippen LogP contribution in [0.4, 0.5) is 0 Å². The van der Waals surface area contributed by atoms with Gasteiger partial charge in [0.25, 0.3) is 0 Å². The number of pyridine rings is 1. The van der Waals surface area contributed by atoms with Gasteiger partial charge in [-0.3, -0.25) is 4.98 Å². The maximum absolute atomic E-state index is 6.09. The third kappa shape index (κ3) is 2.51. The Morgan fingerprint density at radius 2 is 1.78 bits per heavy atom. The van der Waals surface area contributed by atoms with Crippen molar-refractivity contribution in [1.29, 1.82) is 0 Å². The molecule has 18 heavy (non-hydrogen) atoms. The van der Waals surface area contributed by atoms with E-state index < -0.39 is 0 Å². The van der Waals surface area contributed by atoms with Crippen LogP contribution in [0.1, 0.15) is 56.4 Å². The van der Waals surface area contributed by atoms with Crippen LogP contribution in [-0.2, 0) is 5.88 Å². The van der Waals surface area contributed by atoms with Gasteiger partial charge in [-0.2, -0.15) is 0 Å². The fraction of sp³-hybridized carbons (Fsp3) is 0.438. The average molecular weight is 262 g/mol. The van der Waals surface area contributed by atoms with Crippen LogP contribution in [0.5, 0.6) is 0 Å². The second kappa shape index (κ2) is 5.27. The molecule has 0 aliphatic heterocycles. The number of nitrogens with zero attached hydrogens (tertiary/aromatic N) is 1. The van der Waals surface area contributed by atoms with Gasteiger partial charge in [-0.25, -0.2) is 0 Å². The normalized spacial score (nSPS) is 11.7. The molecule has 0 aliphatic carbocycles. The SMILES string of the molecule is CC(C)c1ccc2nc(C(C)C)cc(CCl)c2c1. The van der Waals surface area contributed by atoms with Crippen molar-refractivity contribution >= 4 is 22.5 Å². The van der Waals surface area contributed by atoms with Crippen molar-refractivity contribution in [3.05, 3.63) is 41.1 Å². The van der Waals surface area contributed by atoms with E-state index >= 15 is 0 Å². The van der Waals surface area contributed by atoms with Crippen LogP contribution >= 0.6 is 11.6 Å². The molecular formula is C16H20ClN. The molecule has 2 aromatic rings. The van der Waals surface area contributed by atoms with E-state index in [9.17, 15) is 0 Å². The Hall–Kier alpha value is -1.08. The predicted molar refractivity (Wildman–Crippen MR) is 79.5 cm³/mol. The highest BCUT2D eigenvalue weighted by atomic mass is 35.5. The van der Waals surface area contributed by atoms with Gasteiger partial charge in [-0.1, -0.05) is 33.8 Å². The summed E-state index contributed by atoms with van der Waals surface area (Å²) >= 11 is 6.09. The number of halogens is 1. The highest BCUT2D eigenvalue weighted by molar-refractivity contribution is 6.18. The average Bonchev–Trinajstić information content (AvgIpc) is 2.36. The molecule has 0 atom stereocenters. The predicted octanol–water partition coefficient (Wildman–Crippen LogP) is 5.22. The third-order valence-corrected chi connectivity index (χ3v) is 3.63. The Kier molecular flexibility index (Phi) is 3.91. The second-order valence-electron chi connectivity index (χ2n) is 5.43. The van der Waals surface area contributed by atoms with Crippen LogP contribution in [0, 0.1) is 0 Å². The van der Waals surface area contributed by atoms with Gasteiger partial charge in [0.05, 0.1) is 5.52 Å². The number of aromatic nitrogens is 1. The van der Waals surface area contributed by atoms with Crippen molar-refractivity contribution < 1.29 is 0 Å². The monoisotopic (exact) mass is 261 g/mol. The Balaban J connectivity index is 2.67. The standard InChI is InChI=1S/C16H20ClN/c1-10(2)12-5-6-15-14(7-12)13(9-17)8-16(18-15)11(3)4/h5-8,10-11H,9H2,1-4H3. The molecule has 2 rings (SSSR count). The molecule has 0 saturated carbocycles. The van der Waals surface area contributed by atoms with Crippen LogP contribution in [0.15, 0.2) is 24.3 Å². The molecular weight excluding hydrogens is 242 g/mol. The van der Waals surface area contributed by atoms with E-state index in [4.69, 9.17) is 16.6 Å². The first-order chi connectivity index (χ1) is 8.52. The van der Waals surface area contributed by atoms with Crippen LogP contribution in [-0.4, -0.2) is 4.98 Å². The summed E-state index contributed by atoms with van der Waals surface area (Å²) in [7, 11) is 0. The van der Waals surface area contributed by atoms with Crippen molar-refractivity contribution in [2.75, 3.05) is 0 Å². The fourth-order valence-corrected chi connectivity index (χ4v) is 2.32.